The molecular weight excluding hydrogens is 609 g/mol. The molecule has 2 aromatic heterocycles. The molecule has 4 rings (SSSR count). The molecule has 0 spiro atoms. The van der Waals surface area contributed by atoms with E-state index < -0.39 is 20.3 Å². The molecule has 0 radical (unpaired) electrons. The number of nitrogens with one attached hydrogen (secondary N) is 1. The Kier molecular flexibility index (Phi) is 10.7. The quantitative estimate of drug-likeness (QED) is 0.179. The Labute approximate surface area is 271 Å². The number of aldehydes is 1. The highest BCUT2D eigenvalue weighted by Gasteiger charge is 2.47. The molecule has 3 aromatic rings. The van der Waals surface area contributed by atoms with Gasteiger partial charge in [-0.3, -0.25) is 14.4 Å². The van der Waals surface area contributed by atoms with Gasteiger partial charge in [-0.2, -0.15) is 0 Å². The van der Waals surface area contributed by atoms with E-state index in [1.807, 2.05) is 57.5 Å². The number of carbonyl (C=O) groups excluding carboxylic acids is 3. The van der Waals surface area contributed by atoms with Crippen molar-refractivity contribution in [3.63, 3.8) is 0 Å². The molecule has 1 aromatic carbocycles. The van der Waals surface area contributed by atoms with Gasteiger partial charge in [-0.15, -0.1) is 11.3 Å². The summed E-state index contributed by atoms with van der Waals surface area (Å²) in [7, 11) is -2.19. The SMILES string of the molecule is Cc1ncsc1-c1ccc([C@H](C)NC(=O)[C@@H]2C[C@@H](O[Si](C)(C)C(C)(C)C)CN2C(=O)[C@@H](c2cc(OCC=O)no2)C(C)C)cc1. The van der Waals surface area contributed by atoms with Gasteiger partial charge in [0.05, 0.1) is 28.2 Å². The van der Waals surface area contributed by atoms with Crippen LogP contribution in [0.15, 0.2) is 40.4 Å². The Morgan fingerprint density at radius 3 is 2.47 bits per heavy atom. The first-order valence-electron chi connectivity index (χ1n) is 15.4. The summed E-state index contributed by atoms with van der Waals surface area (Å²) < 4.78 is 17.5. The van der Waals surface area contributed by atoms with Gasteiger partial charge in [-0.1, -0.05) is 58.9 Å². The molecule has 0 saturated carbocycles. The van der Waals surface area contributed by atoms with E-state index >= 15 is 0 Å². The van der Waals surface area contributed by atoms with Crippen LogP contribution in [0.1, 0.15) is 76.9 Å². The third-order valence-corrected chi connectivity index (χ3v) is 14.5. The van der Waals surface area contributed by atoms with Crippen LogP contribution < -0.4 is 10.1 Å². The second-order valence-electron chi connectivity index (χ2n) is 13.6. The summed E-state index contributed by atoms with van der Waals surface area (Å²) in [6.45, 7) is 18.8. The van der Waals surface area contributed by atoms with Gasteiger partial charge >= 0.3 is 0 Å². The molecule has 45 heavy (non-hydrogen) atoms. The maximum atomic E-state index is 14.3. The Morgan fingerprint density at radius 2 is 1.89 bits per heavy atom. The molecule has 2 amide bonds. The van der Waals surface area contributed by atoms with Crippen LogP contribution in [-0.2, 0) is 18.8 Å². The van der Waals surface area contributed by atoms with Crippen molar-refractivity contribution >= 4 is 37.8 Å². The van der Waals surface area contributed by atoms with E-state index in [9.17, 15) is 14.4 Å². The molecule has 244 valence electrons. The Hall–Kier alpha value is -3.35. The monoisotopic (exact) mass is 654 g/mol. The van der Waals surface area contributed by atoms with Crippen molar-refractivity contribution in [1.29, 1.82) is 0 Å². The number of hydrogen-bond donors (Lipinski definition) is 1. The Balaban J connectivity index is 1.57. The lowest BCUT2D eigenvalue weighted by molar-refractivity contribution is -0.141. The number of nitrogens with zero attached hydrogens (tertiary/aromatic N) is 3. The number of likely N-dealkylation sites (tertiary alicyclic amines) is 1. The number of amides is 2. The standard InChI is InChI=1S/C33H46N4O6SSi/c1-20(2)29(27-17-28(36-42-27)41-15-14-38)32(40)37-18-25(43-45(8,9)33(5,6)7)16-26(37)31(39)35-21(3)23-10-12-24(13-11-23)30-22(4)34-19-44-30/h10-14,17,19-21,25-26,29H,15-16,18H2,1-9H3,(H,35,39)/t21-,25+,26-,29+/m0/s1. The lowest BCUT2D eigenvalue weighted by Crippen LogP contribution is -2.48. The topological polar surface area (TPSA) is 124 Å². The van der Waals surface area contributed by atoms with Gasteiger partial charge in [0.1, 0.15) is 18.6 Å². The zero-order valence-corrected chi connectivity index (χ0v) is 29.6. The summed E-state index contributed by atoms with van der Waals surface area (Å²) in [6.07, 6.45) is 0.735. The first kappa shape index (κ1) is 34.5. The number of hydrogen-bond acceptors (Lipinski definition) is 9. The minimum atomic E-state index is -2.19. The smallest absolute Gasteiger partial charge is 0.254 e. The van der Waals surface area contributed by atoms with Gasteiger partial charge in [0.15, 0.2) is 20.4 Å². The van der Waals surface area contributed by atoms with Crippen LogP contribution in [0.3, 0.4) is 0 Å². The third-order valence-electron chi connectivity index (χ3n) is 8.94. The van der Waals surface area contributed by atoms with E-state index in [-0.39, 0.29) is 47.4 Å². The van der Waals surface area contributed by atoms with Crippen LogP contribution in [0.5, 0.6) is 5.88 Å². The zero-order chi connectivity index (χ0) is 33.1. The summed E-state index contributed by atoms with van der Waals surface area (Å²) in [5.41, 5.74) is 4.88. The molecule has 0 aliphatic carbocycles. The summed E-state index contributed by atoms with van der Waals surface area (Å²) in [6, 6.07) is 8.67. The van der Waals surface area contributed by atoms with Crippen LogP contribution in [-0.4, -0.2) is 66.8 Å². The summed E-state index contributed by atoms with van der Waals surface area (Å²) in [4.78, 5) is 46.1. The molecule has 1 aliphatic heterocycles. The van der Waals surface area contributed by atoms with Crippen LogP contribution in [0.25, 0.3) is 10.4 Å². The number of benzene rings is 1. The maximum absolute atomic E-state index is 14.3. The van der Waals surface area contributed by atoms with Crippen molar-refractivity contribution in [3.8, 4) is 16.3 Å². The van der Waals surface area contributed by atoms with Crippen LogP contribution in [0.2, 0.25) is 18.1 Å². The van der Waals surface area contributed by atoms with Gasteiger partial charge in [0.25, 0.3) is 5.88 Å². The first-order chi connectivity index (χ1) is 21.1. The number of carbonyl (C=O) groups is 3. The first-order valence-corrected chi connectivity index (χ1v) is 19.2. The highest BCUT2D eigenvalue weighted by molar-refractivity contribution is 7.13. The fourth-order valence-corrected chi connectivity index (χ4v) is 7.55. The minimum Gasteiger partial charge on any atom is -0.468 e. The molecule has 12 heteroatoms. The van der Waals surface area contributed by atoms with E-state index in [1.54, 1.807) is 22.3 Å². The van der Waals surface area contributed by atoms with Crippen molar-refractivity contribution < 1.29 is 28.1 Å². The highest BCUT2D eigenvalue weighted by Crippen LogP contribution is 2.40. The Bertz CT molecular complexity index is 1480. The van der Waals surface area contributed by atoms with Gasteiger partial charge in [0, 0.05) is 19.0 Å². The molecule has 1 aliphatic rings. The summed E-state index contributed by atoms with van der Waals surface area (Å²) in [5, 5.41) is 7.02. The lowest BCUT2D eigenvalue weighted by atomic mass is 9.91. The average molecular weight is 655 g/mol. The number of ether oxygens (including phenoxy) is 1. The van der Waals surface area contributed by atoms with E-state index in [4.69, 9.17) is 13.7 Å². The minimum absolute atomic E-state index is 0.0290. The summed E-state index contributed by atoms with van der Waals surface area (Å²) in [5.74, 6) is -0.860. The lowest BCUT2D eigenvalue weighted by Gasteiger charge is -2.38. The Morgan fingerprint density at radius 1 is 1.20 bits per heavy atom. The summed E-state index contributed by atoms with van der Waals surface area (Å²) >= 11 is 1.60. The van der Waals surface area contributed by atoms with Crippen LogP contribution in [0.4, 0.5) is 0 Å². The van der Waals surface area contributed by atoms with Gasteiger partial charge in [0.2, 0.25) is 11.8 Å². The fraction of sp³-hybridized carbons (Fsp3) is 0.545. The van der Waals surface area contributed by atoms with Crippen molar-refractivity contribution in [3.05, 3.63) is 52.9 Å². The maximum Gasteiger partial charge on any atom is 0.254 e. The second-order valence-corrected chi connectivity index (χ2v) is 19.2. The normalized spacial score (nSPS) is 18.6. The highest BCUT2D eigenvalue weighted by atomic mass is 32.1. The van der Waals surface area contributed by atoms with Crippen LogP contribution in [0, 0.1) is 12.8 Å². The predicted octanol–water partition coefficient (Wildman–Crippen LogP) is 6.29. The van der Waals surface area contributed by atoms with Gasteiger partial charge < -0.3 is 23.9 Å². The molecule has 1 N–H and O–H groups in total. The molecule has 10 nitrogen and oxygen atoms in total. The zero-order valence-electron chi connectivity index (χ0n) is 27.7. The third kappa shape index (κ3) is 7.90. The largest absolute Gasteiger partial charge is 0.468 e. The predicted molar refractivity (Wildman–Crippen MR) is 177 cm³/mol. The number of aromatic nitrogens is 2. The molecular formula is C33H46N4O6SSi. The van der Waals surface area contributed by atoms with Crippen molar-refractivity contribution in [2.24, 2.45) is 5.92 Å². The fourth-order valence-electron chi connectivity index (χ4n) is 5.38. The van der Waals surface area contributed by atoms with Crippen molar-refractivity contribution in [2.45, 2.75) is 97.1 Å². The van der Waals surface area contributed by atoms with Crippen molar-refractivity contribution in [2.75, 3.05) is 13.2 Å². The number of aryl methyl sites for hydroxylation is 1. The van der Waals surface area contributed by atoms with Gasteiger partial charge in [-0.25, -0.2) is 4.98 Å². The molecule has 1 saturated heterocycles. The van der Waals surface area contributed by atoms with Gasteiger partial charge in [-0.05, 0) is 54.2 Å². The average Bonchev–Trinajstić information content (AvgIpc) is 3.71. The molecule has 4 atom stereocenters. The van der Waals surface area contributed by atoms with Crippen LogP contribution >= 0.6 is 11.3 Å². The molecule has 0 unspecified atom stereocenters. The molecule has 3 heterocycles. The van der Waals surface area contributed by atoms with E-state index in [1.165, 1.54) is 0 Å². The van der Waals surface area contributed by atoms with E-state index in [2.05, 4.69) is 49.3 Å². The van der Waals surface area contributed by atoms with Crippen molar-refractivity contribution in [1.82, 2.24) is 20.4 Å². The van der Waals surface area contributed by atoms with E-state index in [0.717, 1.165) is 21.7 Å². The number of rotatable bonds is 12. The second kappa shape index (κ2) is 14.0. The molecule has 1 fully saturated rings. The van der Waals surface area contributed by atoms with E-state index in [0.29, 0.717) is 25.0 Å². The number of thiazole rings is 1. The molecule has 0 bridgehead atoms.